The van der Waals surface area contributed by atoms with Crippen LogP contribution in [0.3, 0.4) is 0 Å². The Kier molecular flexibility index (Phi) is 4.81. The van der Waals surface area contributed by atoms with Crippen LogP contribution in [0.25, 0.3) is 0 Å². The summed E-state index contributed by atoms with van der Waals surface area (Å²) in [6, 6.07) is 8.74. The molecule has 0 spiro atoms. The van der Waals surface area contributed by atoms with E-state index in [4.69, 9.17) is 0 Å². The smallest absolute Gasteiger partial charge is 0.255 e. The Morgan fingerprint density at radius 1 is 1.26 bits per heavy atom. The molecular weight excluding hydrogens is 358 g/mol. The Morgan fingerprint density at radius 2 is 2.04 bits per heavy atom. The first-order chi connectivity index (χ1) is 11.1. The molecule has 0 radical (unpaired) electrons. The molecule has 0 aliphatic carbocycles. The first kappa shape index (κ1) is 15.8. The summed E-state index contributed by atoms with van der Waals surface area (Å²) in [5.74, 6) is 0.642. The van der Waals surface area contributed by atoms with Crippen molar-refractivity contribution in [3.63, 3.8) is 0 Å². The average Bonchev–Trinajstić information content (AvgIpc) is 3.10. The van der Waals surface area contributed by atoms with Gasteiger partial charge in [0.25, 0.3) is 5.91 Å². The summed E-state index contributed by atoms with van der Waals surface area (Å²) in [6.07, 6.45) is 4.22. The number of carbonyl (C=O) groups excluding carboxylic acids is 1. The van der Waals surface area contributed by atoms with E-state index in [1.807, 2.05) is 12.1 Å². The Morgan fingerprint density at radius 3 is 2.74 bits per heavy atom. The van der Waals surface area contributed by atoms with Gasteiger partial charge < -0.3 is 15.3 Å². The number of nitrogens with zero attached hydrogens (tertiary/aromatic N) is 2. The molecule has 1 amide bonds. The molecule has 1 fully saturated rings. The molecular formula is C17H18BrN3O2. The monoisotopic (exact) mass is 375 g/mol. The minimum atomic E-state index is -0.313. The van der Waals surface area contributed by atoms with E-state index in [1.165, 1.54) is 18.9 Å². The van der Waals surface area contributed by atoms with Crippen molar-refractivity contribution in [2.45, 2.75) is 19.4 Å². The van der Waals surface area contributed by atoms with E-state index in [9.17, 15) is 9.90 Å². The van der Waals surface area contributed by atoms with Crippen LogP contribution in [0.5, 0.6) is 5.75 Å². The number of hydrogen-bond acceptors (Lipinski definition) is 4. The van der Waals surface area contributed by atoms with Gasteiger partial charge in [-0.15, -0.1) is 0 Å². The van der Waals surface area contributed by atoms with E-state index in [0.29, 0.717) is 6.54 Å². The second-order valence-corrected chi connectivity index (χ2v) is 6.48. The second kappa shape index (κ2) is 7.00. The van der Waals surface area contributed by atoms with Crippen LogP contribution in [-0.4, -0.2) is 29.1 Å². The molecule has 1 aliphatic heterocycles. The van der Waals surface area contributed by atoms with E-state index in [1.54, 1.807) is 18.3 Å². The van der Waals surface area contributed by atoms with Crippen LogP contribution >= 0.6 is 15.9 Å². The van der Waals surface area contributed by atoms with Crippen LogP contribution in [0.4, 0.5) is 5.82 Å². The molecule has 120 valence electrons. The van der Waals surface area contributed by atoms with Gasteiger partial charge in [0, 0.05) is 30.3 Å². The van der Waals surface area contributed by atoms with Crippen LogP contribution in [0.2, 0.25) is 0 Å². The predicted molar refractivity (Wildman–Crippen MR) is 92.7 cm³/mol. The maximum Gasteiger partial charge on any atom is 0.255 e. The number of aromatic nitrogens is 1. The van der Waals surface area contributed by atoms with Gasteiger partial charge in [-0.1, -0.05) is 22.0 Å². The number of pyridine rings is 1. The van der Waals surface area contributed by atoms with Gasteiger partial charge in [0.1, 0.15) is 11.6 Å². The van der Waals surface area contributed by atoms with Gasteiger partial charge in [-0.05, 0) is 42.7 Å². The van der Waals surface area contributed by atoms with E-state index in [2.05, 4.69) is 31.1 Å². The molecule has 2 N–H and O–H groups in total. The number of carbonyl (C=O) groups is 1. The van der Waals surface area contributed by atoms with Crippen molar-refractivity contribution in [2.24, 2.45) is 0 Å². The molecule has 5 nitrogen and oxygen atoms in total. The van der Waals surface area contributed by atoms with Crippen molar-refractivity contribution in [3.8, 4) is 5.75 Å². The molecule has 0 atom stereocenters. The Balaban J connectivity index is 1.61. The Labute approximate surface area is 143 Å². The van der Waals surface area contributed by atoms with E-state index >= 15 is 0 Å². The quantitative estimate of drug-likeness (QED) is 0.861. The molecule has 1 aromatic heterocycles. The van der Waals surface area contributed by atoms with Crippen molar-refractivity contribution >= 4 is 27.7 Å². The highest BCUT2D eigenvalue weighted by atomic mass is 79.9. The number of anilines is 1. The largest absolute Gasteiger partial charge is 0.507 e. The zero-order valence-electron chi connectivity index (χ0n) is 12.6. The lowest BCUT2D eigenvalue weighted by molar-refractivity contribution is 0.0948. The summed E-state index contributed by atoms with van der Waals surface area (Å²) in [5, 5.41) is 12.6. The molecule has 2 heterocycles. The summed E-state index contributed by atoms with van der Waals surface area (Å²) in [6.45, 7) is 2.49. The number of phenols is 1. The van der Waals surface area contributed by atoms with Crippen LogP contribution in [0, 0.1) is 0 Å². The standard InChI is InChI=1S/C17H18BrN3O2/c18-13-4-5-15(22)14(9-13)17(23)20-11-12-3-6-16(19-10-12)21-7-1-2-8-21/h3-6,9-10,22H,1-2,7-8,11H2,(H,20,23). The molecule has 1 saturated heterocycles. The number of halogens is 1. The number of aromatic hydroxyl groups is 1. The van der Waals surface area contributed by atoms with Crippen LogP contribution in [-0.2, 0) is 6.54 Å². The molecule has 3 rings (SSSR count). The molecule has 0 bridgehead atoms. The summed E-state index contributed by atoms with van der Waals surface area (Å²) < 4.78 is 0.747. The maximum absolute atomic E-state index is 12.1. The number of phenolic OH excluding ortho intramolecular Hbond substituents is 1. The highest BCUT2D eigenvalue weighted by molar-refractivity contribution is 9.10. The van der Waals surface area contributed by atoms with Crippen LogP contribution < -0.4 is 10.2 Å². The average molecular weight is 376 g/mol. The fourth-order valence-corrected chi connectivity index (χ4v) is 2.98. The van der Waals surface area contributed by atoms with Gasteiger partial charge in [0.05, 0.1) is 5.56 Å². The zero-order chi connectivity index (χ0) is 16.2. The van der Waals surface area contributed by atoms with E-state index in [0.717, 1.165) is 28.9 Å². The Bertz CT molecular complexity index is 697. The fraction of sp³-hybridized carbons (Fsp3) is 0.294. The summed E-state index contributed by atoms with van der Waals surface area (Å²) in [7, 11) is 0. The van der Waals surface area contributed by atoms with Gasteiger partial charge >= 0.3 is 0 Å². The summed E-state index contributed by atoms with van der Waals surface area (Å²) >= 11 is 3.30. The minimum Gasteiger partial charge on any atom is -0.507 e. The van der Waals surface area contributed by atoms with Gasteiger partial charge in [0.15, 0.2) is 0 Å². The SMILES string of the molecule is O=C(NCc1ccc(N2CCCC2)nc1)c1cc(Br)ccc1O. The summed E-state index contributed by atoms with van der Waals surface area (Å²) in [5.41, 5.74) is 1.18. The third-order valence-electron chi connectivity index (χ3n) is 3.90. The number of amides is 1. The van der Waals surface area contributed by atoms with Crippen molar-refractivity contribution in [3.05, 3.63) is 52.1 Å². The first-order valence-corrected chi connectivity index (χ1v) is 8.39. The number of hydrogen-bond donors (Lipinski definition) is 2. The summed E-state index contributed by atoms with van der Waals surface area (Å²) in [4.78, 5) is 18.9. The first-order valence-electron chi connectivity index (χ1n) is 7.60. The zero-order valence-corrected chi connectivity index (χ0v) is 14.2. The van der Waals surface area contributed by atoms with Crippen molar-refractivity contribution < 1.29 is 9.90 Å². The molecule has 1 aromatic carbocycles. The van der Waals surface area contributed by atoms with E-state index < -0.39 is 0 Å². The van der Waals surface area contributed by atoms with Crippen LogP contribution in [0.1, 0.15) is 28.8 Å². The molecule has 0 unspecified atom stereocenters. The number of nitrogens with one attached hydrogen (secondary N) is 1. The third-order valence-corrected chi connectivity index (χ3v) is 4.39. The fourth-order valence-electron chi connectivity index (χ4n) is 2.62. The van der Waals surface area contributed by atoms with Gasteiger partial charge in [-0.25, -0.2) is 4.98 Å². The molecule has 0 saturated carbocycles. The highest BCUT2D eigenvalue weighted by Gasteiger charge is 2.14. The van der Waals surface area contributed by atoms with E-state index in [-0.39, 0.29) is 17.2 Å². The van der Waals surface area contributed by atoms with Crippen molar-refractivity contribution in [1.29, 1.82) is 0 Å². The normalized spacial score (nSPS) is 14.0. The lowest BCUT2D eigenvalue weighted by Gasteiger charge is -2.16. The molecule has 23 heavy (non-hydrogen) atoms. The topological polar surface area (TPSA) is 65.5 Å². The van der Waals surface area contributed by atoms with Gasteiger partial charge in [0.2, 0.25) is 0 Å². The van der Waals surface area contributed by atoms with Gasteiger partial charge in [-0.3, -0.25) is 4.79 Å². The number of rotatable bonds is 4. The third kappa shape index (κ3) is 3.82. The van der Waals surface area contributed by atoms with Crippen molar-refractivity contribution in [2.75, 3.05) is 18.0 Å². The molecule has 6 heteroatoms. The highest BCUT2D eigenvalue weighted by Crippen LogP contribution is 2.22. The predicted octanol–water partition coefficient (Wildman–Crippen LogP) is 3.08. The van der Waals surface area contributed by atoms with Crippen LogP contribution in [0.15, 0.2) is 41.0 Å². The lowest BCUT2D eigenvalue weighted by Crippen LogP contribution is -2.23. The molecule has 2 aromatic rings. The Hall–Kier alpha value is -2.08. The lowest BCUT2D eigenvalue weighted by atomic mass is 10.2. The minimum absolute atomic E-state index is 0.0341. The molecule has 1 aliphatic rings. The maximum atomic E-state index is 12.1. The number of benzene rings is 1. The van der Waals surface area contributed by atoms with Crippen molar-refractivity contribution in [1.82, 2.24) is 10.3 Å². The second-order valence-electron chi connectivity index (χ2n) is 5.56. The van der Waals surface area contributed by atoms with Gasteiger partial charge in [-0.2, -0.15) is 0 Å².